The minimum atomic E-state index is -2.53. The second-order valence-corrected chi connectivity index (χ2v) is 4.39. The first kappa shape index (κ1) is 10.8. The van der Waals surface area contributed by atoms with E-state index in [4.69, 9.17) is 17.3 Å². The first-order valence-corrected chi connectivity index (χ1v) is 5.25. The summed E-state index contributed by atoms with van der Waals surface area (Å²) < 4.78 is 25.7. The highest BCUT2D eigenvalue weighted by Crippen LogP contribution is 2.51. The molecule has 1 saturated carbocycles. The van der Waals surface area contributed by atoms with Crippen LogP contribution in [0.2, 0.25) is 5.02 Å². The SMILES string of the molecule is NCC1(c2cccc(Cl)c2C(F)F)CC1. The average Bonchev–Trinajstić information content (AvgIpc) is 2.97. The van der Waals surface area contributed by atoms with Crippen LogP contribution in [0.4, 0.5) is 8.78 Å². The maximum atomic E-state index is 12.9. The van der Waals surface area contributed by atoms with Crippen molar-refractivity contribution in [3.63, 3.8) is 0 Å². The summed E-state index contributed by atoms with van der Waals surface area (Å²) >= 11 is 5.79. The Hall–Kier alpha value is -0.670. The van der Waals surface area contributed by atoms with Crippen molar-refractivity contribution in [2.24, 2.45) is 5.73 Å². The van der Waals surface area contributed by atoms with Crippen LogP contribution < -0.4 is 5.73 Å². The van der Waals surface area contributed by atoms with Gasteiger partial charge in [0.05, 0.1) is 0 Å². The number of alkyl halides is 2. The fraction of sp³-hybridized carbons (Fsp3) is 0.455. The summed E-state index contributed by atoms with van der Waals surface area (Å²) in [6.07, 6.45) is -0.773. The Balaban J connectivity index is 2.51. The molecular weight excluding hydrogens is 220 g/mol. The second kappa shape index (κ2) is 3.72. The van der Waals surface area contributed by atoms with E-state index in [0.29, 0.717) is 12.1 Å². The molecule has 1 aromatic rings. The van der Waals surface area contributed by atoms with Crippen LogP contribution in [0.3, 0.4) is 0 Å². The van der Waals surface area contributed by atoms with Gasteiger partial charge in [-0.15, -0.1) is 0 Å². The normalized spacial score (nSPS) is 18.2. The number of nitrogens with two attached hydrogens (primary N) is 1. The van der Waals surface area contributed by atoms with Crippen molar-refractivity contribution < 1.29 is 8.78 Å². The molecule has 0 saturated heterocycles. The Morgan fingerprint density at radius 2 is 2.07 bits per heavy atom. The molecule has 0 heterocycles. The van der Waals surface area contributed by atoms with Gasteiger partial charge in [0, 0.05) is 22.5 Å². The molecule has 1 nitrogen and oxygen atoms in total. The molecule has 0 spiro atoms. The van der Waals surface area contributed by atoms with Crippen LogP contribution >= 0.6 is 11.6 Å². The van der Waals surface area contributed by atoms with Crippen LogP contribution in [-0.2, 0) is 5.41 Å². The summed E-state index contributed by atoms with van der Waals surface area (Å²) in [4.78, 5) is 0. The second-order valence-electron chi connectivity index (χ2n) is 3.99. The quantitative estimate of drug-likeness (QED) is 0.849. The number of rotatable bonds is 3. The van der Waals surface area contributed by atoms with Crippen molar-refractivity contribution in [1.29, 1.82) is 0 Å². The van der Waals surface area contributed by atoms with E-state index in [-0.39, 0.29) is 16.0 Å². The molecule has 0 aromatic heterocycles. The summed E-state index contributed by atoms with van der Waals surface area (Å²) in [6.45, 7) is 0.410. The van der Waals surface area contributed by atoms with E-state index >= 15 is 0 Å². The van der Waals surface area contributed by atoms with Gasteiger partial charge in [-0.05, 0) is 24.5 Å². The van der Waals surface area contributed by atoms with E-state index in [0.717, 1.165) is 12.8 Å². The summed E-state index contributed by atoms with van der Waals surface area (Å²) in [5.41, 5.74) is 5.98. The summed E-state index contributed by atoms with van der Waals surface area (Å²) in [5.74, 6) is 0. The fourth-order valence-electron chi connectivity index (χ4n) is 1.96. The highest BCUT2D eigenvalue weighted by molar-refractivity contribution is 6.31. The Labute approximate surface area is 92.2 Å². The maximum absolute atomic E-state index is 12.9. The lowest BCUT2D eigenvalue weighted by molar-refractivity contribution is 0.149. The molecule has 0 amide bonds. The number of benzene rings is 1. The number of hydrogen-bond acceptors (Lipinski definition) is 1. The highest BCUT2D eigenvalue weighted by Gasteiger charge is 2.45. The van der Waals surface area contributed by atoms with Gasteiger partial charge in [-0.25, -0.2) is 8.78 Å². The Kier molecular flexibility index (Phi) is 2.69. The maximum Gasteiger partial charge on any atom is 0.265 e. The molecule has 1 aromatic carbocycles. The molecule has 0 radical (unpaired) electrons. The molecule has 1 aliphatic carbocycles. The van der Waals surface area contributed by atoms with Gasteiger partial charge in [0.25, 0.3) is 6.43 Å². The zero-order valence-corrected chi connectivity index (χ0v) is 8.90. The molecule has 0 aliphatic heterocycles. The van der Waals surface area contributed by atoms with Crippen LogP contribution in [0.15, 0.2) is 18.2 Å². The van der Waals surface area contributed by atoms with Crippen LogP contribution in [-0.4, -0.2) is 6.54 Å². The Morgan fingerprint density at radius 1 is 1.40 bits per heavy atom. The fourth-order valence-corrected chi connectivity index (χ4v) is 2.21. The molecule has 4 heteroatoms. The zero-order chi connectivity index (χ0) is 11.1. The van der Waals surface area contributed by atoms with Crippen LogP contribution in [0.25, 0.3) is 0 Å². The van der Waals surface area contributed by atoms with E-state index in [1.165, 1.54) is 6.07 Å². The molecule has 0 atom stereocenters. The Morgan fingerprint density at radius 3 is 2.53 bits per heavy atom. The lowest BCUT2D eigenvalue weighted by Crippen LogP contribution is -2.21. The zero-order valence-electron chi connectivity index (χ0n) is 8.14. The van der Waals surface area contributed by atoms with Crippen molar-refractivity contribution in [2.75, 3.05) is 6.54 Å². The molecule has 2 N–H and O–H groups in total. The van der Waals surface area contributed by atoms with E-state index in [1.54, 1.807) is 12.1 Å². The molecular formula is C11H12ClF2N. The Bertz CT molecular complexity index is 375. The van der Waals surface area contributed by atoms with E-state index in [1.807, 2.05) is 0 Å². The first-order valence-electron chi connectivity index (χ1n) is 4.88. The molecule has 0 unspecified atom stereocenters. The van der Waals surface area contributed by atoms with Gasteiger partial charge in [-0.3, -0.25) is 0 Å². The van der Waals surface area contributed by atoms with Gasteiger partial charge in [-0.1, -0.05) is 23.7 Å². The monoisotopic (exact) mass is 231 g/mol. The minimum absolute atomic E-state index is 0.0397. The van der Waals surface area contributed by atoms with Crippen LogP contribution in [0, 0.1) is 0 Å². The van der Waals surface area contributed by atoms with Crippen LogP contribution in [0.5, 0.6) is 0 Å². The average molecular weight is 232 g/mol. The van der Waals surface area contributed by atoms with E-state index in [2.05, 4.69) is 0 Å². The van der Waals surface area contributed by atoms with Crippen molar-refractivity contribution in [2.45, 2.75) is 24.7 Å². The number of halogens is 3. The third-order valence-electron chi connectivity index (χ3n) is 3.09. The van der Waals surface area contributed by atoms with E-state index in [9.17, 15) is 8.78 Å². The predicted molar refractivity (Wildman–Crippen MR) is 56.4 cm³/mol. The molecule has 1 fully saturated rings. The third kappa shape index (κ3) is 1.74. The van der Waals surface area contributed by atoms with Crippen molar-refractivity contribution in [3.05, 3.63) is 34.3 Å². The lowest BCUT2D eigenvalue weighted by atomic mass is 9.91. The molecule has 0 bridgehead atoms. The third-order valence-corrected chi connectivity index (χ3v) is 3.42. The van der Waals surface area contributed by atoms with E-state index < -0.39 is 6.43 Å². The summed E-state index contributed by atoms with van der Waals surface area (Å²) in [6, 6.07) is 4.92. The van der Waals surface area contributed by atoms with Crippen molar-refractivity contribution in [1.82, 2.24) is 0 Å². The van der Waals surface area contributed by atoms with Gasteiger partial charge >= 0.3 is 0 Å². The van der Waals surface area contributed by atoms with Gasteiger partial charge in [-0.2, -0.15) is 0 Å². The van der Waals surface area contributed by atoms with Gasteiger partial charge in [0.15, 0.2) is 0 Å². The lowest BCUT2D eigenvalue weighted by Gasteiger charge is -2.18. The molecule has 82 valence electrons. The highest BCUT2D eigenvalue weighted by atomic mass is 35.5. The van der Waals surface area contributed by atoms with Crippen molar-refractivity contribution in [3.8, 4) is 0 Å². The summed E-state index contributed by atoms with van der Waals surface area (Å²) in [5, 5.41) is 0.141. The van der Waals surface area contributed by atoms with Crippen LogP contribution in [0.1, 0.15) is 30.4 Å². The van der Waals surface area contributed by atoms with Crippen molar-refractivity contribution >= 4 is 11.6 Å². The smallest absolute Gasteiger partial charge is 0.265 e. The topological polar surface area (TPSA) is 26.0 Å². The largest absolute Gasteiger partial charge is 0.330 e. The molecule has 15 heavy (non-hydrogen) atoms. The molecule has 2 rings (SSSR count). The predicted octanol–water partition coefficient (Wildman–Crippen LogP) is 3.27. The minimum Gasteiger partial charge on any atom is -0.330 e. The molecule has 1 aliphatic rings. The standard InChI is InChI=1S/C11H12ClF2N/c12-8-3-1-2-7(9(8)10(13)14)11(6-15)4-5-11/h1-3,10H,4-6,15H2. The van der Waals surface area contributed by atoms with Gasteiger partial charge in [0.2, 0.25) is 0 Å². The summed E-state index contributed by atoms with van der Waals surface area (Å²) in [7, 11) is 0. The first-order chi connectivity index (χ1) is 7.10. The van der Waals surface area contributed by atoms with Gasteiger partial charge in [0.1, 0.15) is 0 Å². The van der Waals surface area contributed by atoms with Gasteiger partial charge < -0.3 is 5.73 Å². The number of hydrogen-bond donors (Lipinski definition) is 1.